The van der Waals surface area contributed by atoms with Gasteiger partial charge in [0.15, 0.2) is 5.78 Å². The van der Waals surface area contributed by atoms with Crippen LogP contribution in [-0.2, 0) is 0 Å². The number of benzene rings is 1. The molecule has 0 fully saturated rings. The maximum atomic E-state index is 12.2. The Bertz CT molecular complexity index is 662. The standard InChI is InChI=1S/C23H31NO2/c1-4-6-7-8-15-26-21-12-9-19(10-13-21)22-14-11-20(17-24-22)23(25)16-18(3)5-2/h9-14,17-18H,4-8,15-16H2,1-3H3/t18-/m1/s1. The molecule has 1 aromatic heterocycles. The fourth-order valence-corrected chi connectivity index (χ4v) is 2.75. The highest BCUT2D eigenvalue weighted by Gasteiger charge is 2.11. The maximum absolute atomic E-state index is 12.2. The Kier molecular flexibility index (Phi) is 8.33. The average molecular weight is 354 g/mol. The highest BCUT2D eigenvalue weighted by molar-refractivity contribution is 5.96. The van der Waals surface area contributed by atoms with Gasteiger partial charge in [-0.25, -0.2) is 0 Å². The lowest BCUT2D eigenvalue weighted by Gasteiger charge is -2.08. The minimum atomic E-state index is 0.172. The summed E-state index contributed by atoms with van der Waals surface area (Å²) < 4.78 is 5.78. The van der Waals surface area contributed by atoms with Crippen molar-refractivity contribution >= 4 is 5.78 Å². The van der Waals surface area contributed by atoms with Crippen molar-refractivity contribution in [1.29, 1.82) is 0 Å². The van der Waals surface area contributed by atoms with Crippen LogP contribution in [0.1, 0.15) is 69.7 Å². The SMILES string of the molecule is CCCCCCOc1ccc(-c2ccc(C(=O)C[C@H](C)CC)cn2)cc1. The largest absolute Gasteiger partial charge is 0.494 e. The zero-order chi connectivity index (χ0) is 18.8. The molecule has 26 heavy (non-hydrogen) atoms. The molecular formula is C23H31NO2. The topological polar surface area (TPSA) is 39.2 Å². The molecule has 0 aliphatic heterocycles. The number of pyridine rings is 1. The molecule has 140 valence electrons. The number of Topliss-reactive ketones (excluding diaryl/α,β-unsaturated/α-hetero) is 1. The molecule has 0 bridgehead atoms. The molecule has 3 nitrogen and oxygen atoms in total. The van der Waals surface area contributed by atoms with Gasteiger partial charge < -0.3 is 4.74 Å². The summed E-state index contributed by atoms with van der Waals surface area (Å²) in [5, 5.41) is 0. The Hall–Kier alpha value is -2.16. The Morgan fingerprint density at radius 2 is 1.81 bits per heavy atom. The predicted molar refractivity (Wildman–Crippen MR) is 108 cm³/mol. The Morgan fingerprint density at radius 1 is 1.04 bits per heavy atom. The number of rotatable bonds is 11. The summed E-state index contributed by atoms with van der Waals surface area (Å²) in [6.45, 7) is 7.19. The van der Waals surface area contributed by atoms with Gasteiger partial charge in [0.25, 0.3) is 0 Å². The number of unbranched alkanes of at least 4 members (excludes halogenated alkanes) is 3. The Labute approximate surface area is 157 Å². The highest BCUT2D eigenvalue weighted by atomic mass is 16.5. The normalized spacial score (nSPS) is 12.0. The van der Waals surface area contributed by atoms with E-state index in [1.807, 2.05) is 36.4 Å². The van der Waals surface area contributed by atoms with E-state index in [0.29, 0.717) is 17.9 Å². The molecule has 0 amide bonds. The number of hydrogen-bond donors (Lipinski definition) is 0. The van der Waals surface area contributed by atoms with Gasteiger partial charge in [0, 0.05) is 23.7 Å². The molecule has 1 heterocycles. The van der Waals surface area contributed by atoms with E-state index < -0.39 is 0 Å². The third kappa shape index (κ3) is 6.29. The van der Waals surface area contributed by atoms with Crippen molar-refractivity contribution in [3.8, 4) is 17.0 Å². The fraction of sp³-hybridized carbons (Fsp3) is 0.478. The molecule has 0 saturated carbocycles. The van der Waals surface area contributed by atoms with Crippen molar-refractivity contribution in [3.05, 3.63) is 48.2 Å². The van der Waals surface area contributed by atoms with Gasteiger partial charge in [0.2, 0.25) is 0 Å². The van der Waals surface area contributed by atoms with Crippen molar-refractivity contribution in [2.24, 2.45) is 5.92 Å². The minimum Gasteiger partial charge on any atom is -0.494 e. The molecule has 2 rings (SSSR count). The Morgan fingerprint density at radius 3 is 2.42 bits per heavy atom. The van der Waals surface area contributed by atoms with Gasteiger partial charge >= 0.3 is 0 Å². The molecular weight excluding hydrogens is 322 g/mol. The van der Waals surface area contributed by atoms with Gasteiger partial charge in [0.05, 0.1) is 12.3 Å². The number of aromatic nitrogens is 1. The van der Waals surface area contributed by atoms with Gasteiger partial charge in [-0.05, 0) is 48.7 Å². The van der Waals surface area contributed by atoms with Crippen LogP contribution in [0.4, 0.5) is 0 Å². The van der Waals surface area contributed by atoms with Crippen molar-refractivity contribution in [2.45, 2.75) is 59.3 Å². The summed E-state index contributed by atoms with van der Waals surface area (Å²) >= 11 is 0. The second-order valence-corrected chi connectivity index (χ2v) is 7.01. The lowest BCUT2D eigenvalue weighted by molar-refractivity contribution is 0.0963. The summed E-state index contributed by atoms with van der Waals surface area (Å²) in [5.74, 6) is 1.48. The van der Waals surface area contributed by atoms with Crippen LogP contribution < -0.4 is 4.74 Å². The number of hydrogen-bond acceptors (Lipinski definition) is 3. The summed E-state index contributed by atoms with van der Waals surface area (Å²) in [6, 6.07) is 11.8. The molecule has 0 radical (unpaired) electrons. The predicted octanol–water partition coefficient (Wildman–Crippen LogP) is 6.33. The van der Waals surface area contributed by atoms with Gasteiger partial charge in [-0.15, -0.1) is 0 Å². The molecule has 0 saturated heterocycles. The van der Waals surface area contributed by atoms with Crippen LogP contribution in [-0.4, -0.2) is 17.4 Å². The first-order chi connectivity index (χ1) is 12.6. The first kappa shape index (κ1) is 20.2. The van der Waals surface area contributed by atoms with E-state index in [9.17, 15) is 4.79 Å². The van der Waals surface area contributed by atoms with E-state index in [-0.39, 0.29) is 5.78 Å². The van der Waals surface area contributed by atoms with Gasteiger partial charge in [-0.1, -0.05) is 46.5 Å². The zero-order valence-corrected chi connectivity index (χ0v) is 16.3. The molecule has 0 spiro atoms. The van der Waals surface area contributed by atoms with E-state index in [0.717, 1.165) is 36.5 Å². The molecule has 0 aliphatic rings. The molecule has 2 aromatic rings. The molecule has 0 aliphatic carbocycles. The quantitative estimate of drug-likeness (QED) is 0.350. The second kappa shape index (κ2) is 10.7. The van der Waals surface area contributed by atoms with Crippen LogP contribution in [0.2, 0.25) is 0 Å². The van der Waals surface area contributed by atoms with E-state index in [1.54, 1.807) is 6.20 Å². The summed E-state index contributed by atoms with van der Waals surface area (Å²) in [7, 11) is 0. The van der Waals surface area contributed by atoms with Crippen LogP contribution in [0.25, 0.3) is 11.3 Å². The minimum absolute atomic E-state index is 0.172. The highest BCUT2D eigenvalue weighted by Crippen LogP contribution is 2.22. The van der Waals surface area contributed by atoms with Crippen LogP contribution in [0.5, 0.6) is 5.75 Å². The van der Waals surface area contributed by atoms with Gasteiger partial charge in [0.1, 0.15) is 5.75 Å². The maximum Gasteiger partial charge on any atom is 0.164 e. The summed E-state index contributed by atoms with van der Waals surface area (Å²) in [4.78, 5) is 16.7. The number of carbonyl (C=O) groups excluding carboxylic acids is 1. The number of nitrogens with zero attached hydrogens (tertiary/aromatic N) is 1. The molecule has 1 atom stereocenters. The van der Waals surface area contributed by atoms with Gasteiger partial charge in [-0.2, -0.15) is 0 Å². The summed E-state index contributed by atoms with van der Waals surface area (Å²) in [6.07, 6.45) is 8.13. The number of carbonyl (C=O) groups is 1. The number of ether oxygens (including phenoxy) is 1. The smallest absolute Gasteiger partial charge is 0.164 e. The molecule has 0 unspecified atom stereocenters. The van der Waals surface area contributed by atoms with E-state index >= 15 is 0 Å². The van der Waals surface area contributed by atoms with Crippen LogP contribution >= 0.6 is 0 Å². The molecule has 3 heteroatoms. The fourth-order valence-electron chi connectivity index (χ4n) is 2.75. The van der Waals surface area contributed by atoms with Crippen molar-refractivity contribution in [2.75, 3.05) is 6.61 Å². The first-order valence-electron chi connectivity index (χ1n) is 9.86. The van der Waals surface area contributed by atoms with Crippen LogP contribution in [0.15, 0.2) is 42.6 Å². The van der Waals surface area contributed by atoms with Crippen molar-refractivity contribution in [1.82, 2.24) is 4.98 Å². The van der Waals surface area contributed by atoms with Crippen LogP contribution in [0.3, 0.4) is 0 Å². The van der Waals surface area contributed by atoms with Crippen LogP contribution in [0, 0.1) is 5.92 Å². The Balaban J connectivity index is 1.91. The molecule has 0 N–H and O–H groups in total. The van der Waals surface area contributed by atoms with Gasteiger partial charge in [-0.3, -0.25) is 9.78 Å². The van der Waals surface area contributed by atoms with E-state index in [2.05, 4.69) is 25.8 Å². The summed E-state index contributed by atoms with van der Waals surface area (Å²) in [5.41, 5.74) is 2.60. The average Bonchev–Trinajstić information content (AvgIpc) is 2.68. The van der Waals surface area contributed by atoms with Crippen molar-refractivity contribution in [3.63, 3.8) is 0 Å². The second-order valence-electron chi connectivity index (χ2n) is 7.01. The molecule has 1 aromatic carbocycles. The van der Waals surface area contributed by atoms with E-state index in [4.69, 9.17) is 4.74 Å². The lowest BCUT2D eigenvalue weighted by Crippen LogP contribution is -2.05. The zero-order valence-electron chi connectivity index (χ0n) is 16.3. The monoisotopic (exact) mass is 353 g/mol. The van der Waals surface area contributed by atoms with Crippen molar-refractivity contribution < 1.29 is 9.53 Å². The van der Waals surface area contributed by atoms with E-state index in [1.165, 1.54) is 19.3 Å². The number of ketones is 1. The third-order valence-corrected chi connectivity index (χ3v) is 4.73. The third-order valence-electron chi connectivity index (χ3n) is 4.73. The first-order valence-corrected chi connectivity index (χ1v) is 9.86. The lowest BCUT2D eigenvalue weighted by atomic mass is 9.98.